The molecule has 1 aliphatic heterocycles. The van der Waals surface area contributed by atoms with E-state index in [2.05, 4.69) is 43.8 Å². The van der Waals surface area contributed by atoms with Crippen LogP contribution in [0.4, 0.5) is 0 Å². The Kier molecular flexibility index (Phi) is 7.51. The average molecular weight is 330 g/mol. The van der Waals surface area contributed by atoms with Gasteiger partial charge in [-0.3, -0.25) is 4.79 Å². The number of carbonyl (C=O) groups excluding carboxylic acids is 1. The van der Waals surface area contributed by atoms with Gasteiger partial charge in [0, 0.05) is 38.3 Å². The highest BCUT2D eigenvalue weighted by Gasteiger charge is 2.29. The van der Waals surface area contributed by atoms with Crippen LogP contribution in [0.25, 0.3) is 0 Å². The Balaban J connectivity index is 1.70. The molecule has 3 nitrogen and oxygen atoms in total. The summed E-state index contributed by atoms with van der Waals surface area (Å²) in [6.45, 7) is 13.0. The summed E-state index contributed by atoms with van der Waals surface area (Å²) < 4.78 is 0. The topological polar surface area (TPSA) is 24.8 Å². The molecule has 2 rings (SSSR count). The SMILES string of the molecule is C=C(C)CN(CC)C(=O)C1CC[NH+](CCCc2ccccc2)CC1. The molecule has 0 radical (unpaired) electrons. The van der Waals surface area contributed by atoms with E-state index in [1.165, 1.54) is 18.5 Å². The molecule has 0 spiro atoms. The summed E-state index contributed by atoms with van der Waals surface area (Å²) in [6.07, 6.45) is 4.46. The maximum absolute atomic E-state index is 12.6. The largest absolute Gasteiger partial charge is 0.339 e. The minimum Gasteiger partial charge on any atom is -0.339 e. The van der Waals surface area contributed by atoms with E-state index in [9.17, 15) is 4.79 Å². The van der Waals surface area contributed by atoms with Gasteiger partial charge in [-0.2, -0.15) is 0 Å². The zero-order valence-electron chi connectivity index (χ0n) is 15.4. The lowest BCUT2D eigenvalue weighted by Gasteiger charge is -2.32. The van der Waals surface area contributed by atoms with Gasteiger partial charge in [-0.25, -0.2) is 0 Å². The summed E-state index contributed by atoms with van der Waals surface area (Å²) in [5.41, 5.74) is 2.49. The standard InChI is InChI=1S/C21H32N2O/c1-4-23(17-18(2)3)21(24)20-12-15-22(16-13-20)14-8-11-19-9-6-5-7-10-19/h5-7,9-10,20H,2,4,8,11-17H2,1,3H3/p+1. The Bertz CT molecular complexity index is 518. The van der Waals surface area contributed by atoms with Gasteiger partial charge < -0.3 is 9.80 Å². The van der Waals surface area contributed by atoms with Gasteiger partial charge in [0.25, 0.3) is 0 Å². The van der Waals surface area contributed by atoms with Crippen LogP contribution in [-0.2, 0) is 11.2 Å². The van der Waals surface area contributed by atoms with Crippen LogP contribution in [0.15, 0.2) is 42.5 Å². The van der Waals surface area contributed by atoms with Crippen molar-refractivity contribution in [3.05, 3.63) is 48.0 Å². The number of piperidine rings is 1. The summed E-state index contributed by atoms with van der Waals surface area (Å²) in [7, 11) is 0. The fourth-order valence-corrected chi connectivity index (χ4v) is 3.64. The summed E-state index contributed by atoms with van der Waals surface area (Å²) in [5, 5.41) is 0. The predicted molar refractivity (Wildman–Crippen MR) is 100 cm³/mol. The van der Waals surface area contributed by atoms with E-state index in [0.29, 0.717) is 12.5 Å². The number of benzene rings is 1. The molecule has 132 valence electrons. The molecule has 0 bridgehead atoms. The molecule has 1 amide bonds. The highest BCUT2D eigenvalue weighted by molar-refractivity contribution is 5.79. The quantitative estimate of drug-likeness (QED) is 0.728. The van der Waals surface area contributed by atoms with E-state index in [4.69, 9.17) is 0 Å². The lowest BCUT2D eigenvalue weighted by molar-refractivity contribution is -0.906. The van der Waals surface area contributed by atoms with E-state index in [1.807, 2.05) is 11.8 Å². The van der Waals surface area contributed by atoms with Crippen molar-refractivity contribution in [3.63, 3.8) is 0 Å². The van der Waals surface area contributed by atoms with Crippen LogP contribution in [-0.4, -0.2) is 43.5 Å². The van der Waals surface area contributed by atoms with Gasteiger partial charge in [-0.1, -0.05) is 42.5 Å². The van der Waals surface area contributed by atoms with E-state index >= 15 is 0 Å². The Labute approximate surface area is 147 Å². The number of hydrogen-bond donors (Lipinski definition) is 1. The summed E-state index contributed by atoms with van der Waals surface area (Å²) in [6, 6.07) is 10.7. The minimum atomic E-state index is 0.224. The second-order valence-corrected chi connectivity index (χ2v) is 7.17. The number of rotatable bonds is 8. The van der Waals surface area contributed by atoms with Gasteiger partial charge >= 0.3 is 0 Å². The molecule has 0 unspecified atom stereocenters. The van der Waals surface area contributed by atoms with Gasteiger partial charge in [0.05, 0.1) is 19.6 Å². The van der Waals surface area contributed by atoms with Crippen molar-refractivity contribution in [1.82, 2.24) is 4.90 Å². The van der Waals surface area contributed by atoms with Crippen molar-refractivity contribution in [2.24, 2.45) is 5.92 Å². The van der Waals surface area contributed by atoms with Crippen molar-refractivity contribution in [1.29, 1.82) is 0 Å². The van der Waals surface area contributed by atoms with Gasteiger partial charge in [0.2, 0.25) is 5.91 Å². The van der Waals surface area contributed by atoms with E-state index in [-0.39, 0.29) is 5.92 Å². The predicted octanol–water partition coefficient (Wildman–Crippen LogP) is 2.34. The zero-order valence-corrected chi connectivity index (χ0v) is 15.4. The van der Waals surface area contributed by atoms with Gasteiger partial charge in [-0.15, -0.1) is 0 Å². The fraction of sp³-hybridized carbons (Fsp3) is 0.571. The first kappa shape index (κ1) is 18.7. The van der Waals surface area contributed by atoms with Crippen LogP contribution in [0.5, 0.6) is 0 Å². The molecule has 0 aliphatic carbocycles. The van der Waals surface area contributed by atoms with Crippen molar-refractivity contribution in [2.75, 3.05) is 32.7 Å². The van der Waals surface area contributed by atoms with Crippen LogP contribution in [0.1, 0.15) is 38.7 Å². The first-order valence-corrected chi connectivity index (χ1v) is 9.40. The molecule has 1 aromatic rings. The van der Waals surface area contributed by atoms with Crippen LogP contribution in [0.2, 0.25) is 0 Å². The maximum atomic E-state index is 12.6. The third kappa shape index (κ3) is 5.79. The van der Waals surface area contributed by atoms with Crippen molar-refractivity contribution >= 4 is 5.91 Å². The number of amides is 1. The van der Waals surface area contributed by atoms with Crippen molar-refractivity contribution in [3.8, 4) is 0 Å². The number of quaternary nitrogens is 1. The second-order valence-electron chi connectivity index (χ2n) is 7.17. The number of hydrogen-bond acceptors (Lipinski definition) is 1. The average Bonchev–Trinajstić information content (AvgIpc) is 2.60. The first-order chi connectivity index (χ1) is 11.6. The molecule has 1 saturated heterocycles. The zero-order chi connectivity index (χ0) is 17.4. The number of nitrogens with zero attached hydrogens (tertiary/aromatic N) is 1. The monoisotopic (exact) mass is 329 g/mol. The molecule has 0 aromatic heterocycles. The van der Waals surface area contributed by atoms with Gasteiger partial charge in [0.1, 0.15) is 0 Å². The third-order valence-corrected chi connectivity index (χ3v) is 5.03. The van der Waals surface area contributed by atoms with Crippen molar-refractivity contribution < 1.29 is 9.69 Å². The summed E-state index contributed by atoms with van der Waals surface area (Å²) in [4.78, 5) is 16.3. The van der Waals surface area contributed by atoms with Crippen LogP contribution >= 0.6 is 0 Å². The molecule has 1 heterocycles. The molecule has 24 heavy (non-hydrogen) atoms. The summed E-state index contributed by atoms with van der Waals surface area (Å²) >= 11 is 0. The molecule has 1 N–H and O–H groups in total. The number of carbonyl (C=O) groups is 1. The Morgan fingerprint density at radius 1 is 1.25 bits per heavy atom. The number of aryl methyl sites for hydroxylation is 1. The lowest BCUT2D eigenvalue weighted by atomic mass is 9.94. The number of nitrogens with one attached hydrogen (secondary N) is 1. The highest BCUT2D eigenvalue weighted by Crippen LogP contribution is 2.14. The first-order valence-electron chi connectivity index (χ1n) is 9.40. The fourth-order valence-electron chi connectivity index (χ4n) is 3.64. The smallest absolute Gasteiger partial charge is 0.226 e. The van der Waals surface area contributed by atoms with Crippen molar-refractivity contribution in [2.45, 2.75) is 39.5 Å². The molecule has 0 atom stereocenters. The van der Waals surface area contributed by atoms with Crippen LogP contribution in [0, 0.1) is 5.92 Å². The second kappa shape index (κ2) is 9.63. The minimum absolute atomic E-state index is 0.224. The van der Waals surface area contributed by atoms with Crippen LogP contribution < -0.4 is 4.90 Å². The maximum Gasteiger partial charge on any atom is 0.226 e. The Hall–Kier alpha value is -1.61. The third-order valence-electron chi connectivity index (χ3n) is 5.03. The molecular weight excluding hydrogens is 296 g/mol. The highest BCUT2D eigenvalue weighted by atomic mass is 16.2. The van der Waals surface area contributed by atoms with Gasteiger partial charge in [0.15, 0.2) is 0 Å². The number of likely N-dealkylation sites (tertiary alicyclic amines) is 1. The molecule has 3 heteroatoms. The molecular formula is C21H33N2O+. The lowest BCUT2D eigenvalue weighted by Crippen LogP contribution is -3.13. The van der Waals surface area contributed by atoms with E-state index in [1.54, 1.807) is 4.90 Å². The Morgan fingerprint density at radius 3 is 2.50 bits per heavy atom. The molecule has 0 saturated carbocycles. The van der Waals surface area contributed by atoms with Crippen LogP contribution in [0.3, 0.4) is 0 Å². The number of likely N-dealkylation sites (N-methyl/N-ethyl adjacent to an activating group) is 1. The van der Waals surface area contributed by atoms with E-state index < -0.39 is 0 Å². The Morgan fingerprint density at radius 2 is 1.92 bits per heavy atom. The summed E-state index contributed by atoms with van der Waals surface area (Å²) in [5.74, 6) is 0.561. The molecule has 1 aromatic carbocycles. The molecule has 1 fully saturated rings. The van der Waals surface area contributed by atoms with Gasteiger partial charge in [-0.05, 0) is 25.8 Å². The normalized spacial score (nSPS) is 20.6. The molecule has 1 aliphatic rings. The van der Waals surface area contributed by atoms with E-state index in [0.717, 1.165) is 44.5 Å².